The third-order valence-corrected chi connectivity index (χ3v) is 5.05. The van der Waals surface area contributed by atoms with E-state index in [1.807, 2.05) is 7.05 Å². The molecule has 106 valence electrons. The molecule has 0 bridgehead atoms. The molecule has 1 aliphatic carbocycles. The van der Waals surface area contributed by atoms with E-state index in [0.29, 0.717) is 6.04 Å². The highest BCUT2D eigenvalue weighted by molar-refractivity contribution is 9.10. The highest BCUT2D eigenvalue weighted by Crippen LogP contribution is 2.29. The fraction of sp³-hybridized carbons (Fsp3) is 0.625. The highest BCUT2D eigenvalue weighted by Gasteiger charge is 2.17. The molecule has 19 heavy (non-hydrogen) atoms. The summed E-state index contributed by atoms with van der Waals surface area (Å²) in [5, 5.41) is 3.38. The van der Waals surface area contributed by atoms with Crippen LogP contribution in [0.5, 0.6) is 0 Å². The summed E-state index contributed by atoms with van der Waals surface area (Å²) < 4.78 is 14.3. The van der Waals surface area contributed by atoms with Gasteiger partial charge in [0.15, 0.2) is 0 Å². The Morgan fingerprint density at radius 3 is 2.79 bits per heavy atom. The monoisotopic (exact) mass is 327 g/mol. The zero-order chi connectivity index (χ0) is 13.7. The fourth-order valence-corrected chi connectivity index (χ4v) is 3.46. The molecule has 0 saturated heterocycles. The zero-order valence-electron chi connectivity index (χ0n) is 11.6. The summed E-state index contributed by atoms with van der Waals surface area (Å²) in [5.41, 5.74) is 1.06. The molecule has 3 heteroatoms. The van der Waals surface area contributed by atoms with E-state index < -0.39 is 0 Å². The van der Waals surface area contributed by atoms with Gasteiger partial charge >= 0.3 is 0 Å². The summed E-state index contributed by atoms with van der Waals surface area (Å²) in [6.45, 7) is 0. The molecule has 1 nitrogen and oxygen atoms in total. The number of likely N-dealkylation sites (N-methyl/N-ethyl adjacent to an activating group) is 1. The minimum atomic E-state index is -0.149. The van der Waals surface area contributed by atoms with Crippen LogP contribution in [0.15, 0.2) is 22.7 Å². The fourth-order valence-electron chi connectivity index (χ4n) is 3.05. The van der Waals surface area contributed by atoms with Gasteiger partial charge in [-0.1, -0.05) is 41.6 Å². The Morgan fingerprint density at radius 2 is 2.11 bits per heavy atom. The first-order valence-corrected chi connectivity index (χ1v) is 8.09. The van der Waals surface area contributed by atoms with Crippen LogP contribution in [0.4, 0.5) is 4.39 Å². The van der Waals surface area contributed by atoms with Crippen LogP contribution in [0.1, 0.15) is 44.1 Å². The number of hydrogen-bond donors (Lipinski definition) is 1. The molecule has 2 rings (SSSR count). The van der Waals surface area contributed by atoms with Gasteiger partial charge in [0.2, 0.25) is 0 Å². The summed E-state index contributed by atoms with van der Waals surface area (Å²) in [7, 11) is 2.01. The molecular weight excluding hydrogens is 305 g/mol. The van der Waals surface area contributed by atoms with Crippen LogP contribution in [-0.2, 0) is 6.42 Å². The Kier molecular flexibility index (Phi) is 5.83. The van der Waals surface area contributed by atoms with Gasteiger partial charge in [-0.2, -0.15) is 0 Å². The third kappa shape index (κ3) is 4.57. The van der Waals surface area contributed by atoms with E-state index >= 15 is 0 Å². The van der Waals surface area contributed by atoms with Crippen molar-refractivity contribution in [1.82, 2.24) is 5.32 Å². The van der Waals surface area contributed by atoms with Crippen molar-refractivity contribution >= 4 is 15.9 Å². The molecule has 0 amide bonds. The van der Waals surface area contributed by atoms with Crippen LogP contribution in [0.25, 0.3) is 0 Å². The summed E-state index contributed by atoms with van der Waals surface area (Å²) in [5.74, 6) is 0.774. The van der Waals surface area contributed by atoms with Gasteiger partial charge in [0, 0.05) is 10.5 Å². The molecule has 0 aliphatic heterocycles. The maximum atomic E-state index is 13.3. The SMILES string of the molecule is CNC(CCC1CCCC1)Cc1cc(F)ccc1Br. The minimum Gasteiger partial charge on any atom is -0.317 e. The highest BCUT2D eigenvalue weighted by atomic mass is 79.9. The average molecular weight is 328 g/mol. The number of hydrogen-bond acceptors (Lipinski definition) is 1. The van der Waals surface area contributed by atoms with Crippen LogP contribution >= 0.6 is 15.9 Å². The molecule has 1 saturated carbocycles. The zero-order valence-corrected chi connectivity index (χ0v) is 13.2. The minimum absolute atomic E-state index is 0.149. The summed E-state index contributed by atoms with van der Waals surface area (Å²) in [6.07, 6.45) is 9.00. The average Bonchev–Trinajstić information content (AvgIpc) is 2.91. The van der Waals surface area contributed by atoms with Crippen LogP contribution in [0, 0.1) is 11.7 Å². The van der Waals surface area contributed by atoms with Crippen molar-refractivity contribution < 1.29 is 4.39 Å². The number of rotatable bonds is 6. The number of benzene rings is 1. The lowest BCUT2D eigenvalue weighted by atomic mass is 9.95. The predicted octanol–water partition coefficient (Wildman–Crippen LogP) is 4.69. The van der Waals surface area contributed by atoms with Crippen molar-refractivity contribution in [2.24, 2.45) is 5.92 Å². The van der Waals surface area contributed by atoms with Crippen molar-refractivity contribution in [3.8, 4) is 0 Å². The molecule has 1 atom stereocenters. The predicted molar refractivity (Wildman–Crippen MR) is 81.8 cm³/mol. The maximum Gasteiger partial charge on any atom is 0.123 e. The second kappa shape index (κ2) is 7.39. The number of halogens is 2. The topological polar surface area (TPSA) is 12.0 Å². The van der Waals surface area contributed by atoms with E-state index in [1.165, 1.54) is 44.6 Å². The normalized spacial score (nSPS) is 17.8. The van der Waals surface area contributed by atoms with E-state index in [2.05, 4.69) is 21.2 Å². The molecule has 1 aliphatic rings. The Labute approximate surface area is 124 Å². The van der Waals surface area contributed by atoms with Gasteiger partial charge in [0.05, 0.1) is 0 Å². The van der Waals surface area contributed by atoms with E-state index in [1.54, 1.807) is 12.1 Å². The van der Waals surface area contributed by atoms with Gasteiger partial charge in [-0.15, -0.1) is 0 Å². The van der Waals surface area contributed by atoms with Gasteiger partial charge in [-0.25, -0.2) is 4.39 Å². The Hall–Kier alpha value is -0.410. The second-order valence-corrected chi connectivity index (χ2v) is 6.51. The lowest BCUT2D eigenvalue weighted by molar-refractivity contribution is 0.418. The number of nitrogens with one attached hydrogen (secondary N) is 1. The van der Waals surface area contributed by atoms with Crippen molar-refractivity contribution in [2.75, 3.05) is 7.05 Å². The summed E-state index contributed by atoms with van der Waals surface area (Å²) in [4.78, 5) is 0. The maximum absolute atomic E-state index is 13.3. The molecule has 0 aromatic heterocycles. The van der Waals surface area contributed by atoms with Crippen LogP contribution in [0.2, 0.25) is 0 Å². The van der Waals surface area contributed by atoms with Crippen LogP contribution in [0.3, 0.4) is 0 Å². The molecule has 1 N–H and O–H groups in total. The van der Waals surface area contributed by atoms with E-state index in [0.717, 1.165) is 22.4 Å². The van der Waals surface area contributed by atoms with E-state index in [4.69, 9.17) is 0 Å². The lowest BCUT2D eigenvalue weighted by Crippen LogP contribution is -2.28. The standard InChI is InChI=1S/C16H23BrFN/c1-19-15(8-6-12-4-2-3-5-12)11-13-10-14(18)7-9-16(13)17/h7,9-10,12,15,19H,2-6,8,11H2,1H3. The van der Waals surface area contributed by atoms with Crippen molar-refractivity contribution in [3.63, 3.8) is 0 Å². The molecule has 0 radical (unpaired) electrons. The van der Waals surface area contributed by atoms with Crippen molar-refractivity contribution in [1.29, 1.82) is 0 Å². The Bertz CT molecular complexity index is 402. The molecule has 1 unspecified atom stereocenters. The van der Waals surface area contributed by atoms with Crippen LogP contribution in [-0.4, -0.2) is 13.1 Å². The molecule has 0 spiro atoms. The molecule has 1 fully saturated rings. The molecule has 0 heterocycles. The smallest absolute Gasteiger partial charge is 0.123 e. The van der Waals surface area contributed by atoms with E-state index in [-0.39, 0.29) is 5.82 Å². The first-order valence-electron chi connectivity index (χ1n) is 7.30. The van der Waals surface area contributed by atoms with Crippen molar-refractivity contribution in [2.45, 2.75) is 51.0 Å². The van der Waals surface area contributed by atoms with Gasteiger partial charge < -0.3 is 5.32 Å². The first kappa shape index (κ1) is 15.0. The molecule has 1 aromatic rings. The van der Waals surface area contributed by atoms with Crippen molar-refractivity contribution in [3.05, 3.63) is 34.1 Å². The quantitative estimate of drug-likeness (QED) is 0.799. The Balaban J connectivity index is 1.88. The molecule has 1 aromatic carbocycles. The van der Waals surface area contributed by atoms with Gasteiger partial charge in [-0.05, 0) is 56.0 Å². The third-order valence-electron chi connectivity index (χ3n) is 4.28. The summed E-state index contributed by atoms with van der Waals surface area (Å²) >= 11 is 3.51. The second-order valence-electron chi connectivity index (χ2n) is 5.65. The van der Waals surface area contributed by atoms with E-state index in [9.17, 15) is 4.39 Å². The summed E-state index contributed by atoms with van der Waals surface area (Å²) in [6, 6.07) is 5.39. The van der Waals surface area contributed by atoms with Gasteiger partial charge in [-0.3, -0.25) is 0 Å². The first-order chi connectivity index (χ1) is 9.19. The van der Waals surface area contributed by atoms with Gasteiger partial charge in [0.25, 0.3) is 0 Å². The molecular formula is C16H23BrFN. The largest absolute Gasteiger partial charge is 0.317 e. The van der Waals surface area contributed by atoms with Gasteiger partial charge in [0.1, 0.15) is 5.82 Å². The Morgan fingerprint density at radius 1 is 1.37 bits per heavy atom. The van der Waals surface area contributed by atoms with Crippen LogP contribution < -0.4 is 5.32 Å². The lowest BCUT2D eigenvalue weighted by Gasteiger charge is -2.19.